The van der Waals surface area contributed by atoms with Crippen molar-refractivity contribution >= 4 is 46.2 Å². The second-order valence-electron chi connectivity index (χ2n) is 6.67. The van der Waals surface area contributed by atoms with Gasteiger partial charge in [-0.1, -0.05) is 23.7 Å². The van der Waals surface area contributed by atoms with Crippen LogP contribution in [0.5, 0.6) is 5.75 Å². The molecule has 7 nitrogen and oxygen atoms in total. The molecule has 2 heterocycles. The van der Waals surface area contributed by atoms with E-state index in [2.05, 4.69) is 25.3 Å². The summed E-state index contributed by atoms with van der Waals surface area (Å²) in [7, 11) is 0. The number of hydrogen-bond donors (Lipinski definition) is 2. The number of nitrogens with zero attached hydrogens (tertiary/aromatic N) is 3. The van der Waals surface area contributed by atoms with Crippen LogP contribution in [0.25, 0.3) is 10.9 Å². The minimum absolute atomic E-state index is 0.253. The van der Waals surface area contributed by atoms with Crippen LogP contribution in [0.3, 0.4) is 0 Å². The Hall–Kier alpha value is -3.10. The highest BCUT2D eigenvalue weighted by Gasteiger charge is 2.11. The first-order valence-corrected chi connectivity index (χ1v) is 11.0. The lowest BCUT2D eigenvalue weighted by Gasteiger charge is -2.11. The SMILES string of the molecule is CCOc1cccc2c(C)nc(Nc3nc(CSc4ccc(Cl)cc4)cc(=O)[nH]3)nc12. The lowest BCUT2D eigenvalue weighted by Crippen LogP contribution is -2.13. The van der Waals surface area contributed by atoms with E-state index >= 15 is 0 Å². The van der Waals surface area contributed by atoms with Gasteiger partial charge in [0.15, 0.2) is 0 Å². The largest absolute Gasteiger partial charge is 0.492 e. The zero-order chi connectivity index (χ0) is 21.8. The van der Waals surface area contributed by atoms with E-state index in [9.17, 15) is 4.79 Å². The van der Waals surface area contributed by atoms with Crippen LogP contribution in [0.1, 0.15) is 18.3 Å². The highest BCUT2D eigenvalue weighted by Crippen LogP contribution is 2.27. The molecule has 4 aromatic rings. The van der Waals surface area contributed by atoms with Crippen molar-refractivity contribution in [3.63, 3.8) is 0 Å². The van der Waals surface area contributed by atoms with Crippen LogP contribution in [0, 0.1) is 6.92 Å². The number of H-pyrrole nitrogens is 1. The predicted molar refractivity (Wildman–Crippen MR) is 125 cm³/mol. The molecule has 0 atom stereocenters. The Morgan fingerprint density at radius 2 is 1.94 bits per heavy atom. The highest BCUT2D eigenvalue weighted by atomic mass is 35.5. The van der Waals surface area contributed by atoms with Gasteiger partial charge in [0.1, 0.15) is 11.3 Å². The zero-order valence-electron chi connectivity index (χ0n) is 17.0. The summed E-state index contributed by atoms with van der Waals surface area (Å²) in [5, 5.41) is 4.61. The van der Waals surface area contributed by atoms with Crippen LogP contribution in [-0.4, -0.2) is 26.5 Å². The maximum atomic E-state index is 12.2. The Balaban J connectivity index is 1.59. The van der Waals surface area contributed by atoms with E-state index in [1.807, 2.05) is 56.3 Å². The zero-order valence-corrected chi connectivity index (χ0v) is 18.5. The van der Waals surface area contributed by atoms with E-state index in [0.717, 1.165) is 16.0 Å². The number of hydrogen-bond acceptors (Lipinski definition) is 7. The molecule has 0 unspecified atom stereocenters. The number of ether oxygens (including phenoxy) is 1. The summed E-state index contributed by atoms with van der Waals surface area (Å²) < 4.78 is 5.70. The number of nitrogens with one attached hydrogen (secondary N) is 2. The number of anilines is 2. The molecule has 0 amide bonds. The van der Waals surface area contributed by atoms with Crippen molar-refractivity contribution in [1.82, 2.24) is 19.9 Å². The van der Waals surface area contributed by atoms with Gasteiger partial charge < -0.3 is 4.74 Å². The van der Waals surface area contributed by atoms with Crippen LogP contribution < -0.4 is 15.6 Å². The fourth-order valence-electron chi connectivity index (χ4n) is 3.04. The van der Waals surface area contributed by atoms with Crippen LogP contribution >= 0.6 is 23.4 Å². The average Bonchev–Trinajstić information content (AvgIpc) is 2.74. The lowest BCUT2D eigenvalue weighted by atomic mass is 10.2. The number of aromatic nitrogens is 4. The summed E-state index contributed by atoms with van der Waals surface area (Å²) in [6, 6.07) is 14.7. The van der Waals surface area contributed by atoms with Crippen molar-refractivity contribution in [2.45, 2.75) is 24.5 Å². The van der Waals surface area contributed by atoms with Gasteiger partial charge in [0.25, 0.3) is 5.56 Å². The molecule has 0 aliphatic carbocycles. The number of aromatic amines is 1. The molecule has 2 N–H and O–H groups in total. The van der Waals surface area contributed by atoms with Crippen LogP contribution in [0.15, 0.2) is 58.2 Å². The molecule has 0 bridgehead atoms. The van der Waals surface area contributed by atoms with Crippen molar-refractivity contribution in [3.8, 4) is 5.75 Å². The molecule has 31 heavy (non-hydrogen) atoms. The smallest absolute Gasteiger partial charge is 0.252 e. The van der Waals surface area contributed by atoms with Gasteiger partial charge in [0.2, 0.25) is 11.9 Å². The molecule has 0 spiro atoms. The van der Waals surface area contributed by atoms with E-state index in [0.29, 0.717) is 40.3 Å². The molecule has 4 rings (SSSR count). The van der Waals surface area contributed by atoms with Crippen LogP contribution in [0.2, 0.25) is 5.02 Å². The van der Waals surface area contributed by atoms with Crippen molar-refractivity contribution in [1.29, 1.82) is 0 Å². The summed E-state index contributed by atoms with van der Waals surface area (Å²) >= 11 is 7.50. The van der Waals surface area contributed by atoms with Crippen LogP contribution in [-0.2, 0) is 5.75 Å². The number of fused-ring (bicyclic) bond motifs is 1. The summed E-state index contributed by atoms with van der Waals surface area (Å²) in [6.45, 7) is 4.36. The second-order valence-corrected chi connectivity index (χ2v) is 8.16. The monoisotopic (exact) mass is 453 g/mol. The maximum Gasteiger partial charge on any atom is 0.252 e. The van der Waals surface area contributed by atoms with E-state index in [1.165, 1.54) is 6.07 Å². The topological polar surface area (TPSA) is 92.8 Å². The Morgan fingerprint density at radius 1 is 1.13 bits per heavy atom. The first-order valence-electron chi connectivity index (χ1n) is 9.67. The van der Waals surface area contributed by atoms with Gasteiger partial charge in [0.05, 0.1) is 18.0 Å². The third-order valence-electron chi connectivity index (χ3n) is 4.41. The maximum absolute atomic E-state index is 12.2. The van der Waals surface area contributed by atoms with Crippen molar-refractivity contribution in [3.05, 3.63) is 75.3 Å². The molecule has 158 valence electrons. The first-order chi connectivity index (χ1) is 15.0. The number of halogens is 1. The third-order valence-corrected chi connectivity index (χ3v) is 5.70. The third kappa shape index (κ3) is 5.15. The summed E-state index contributed by atoms with van der Waals surface area (Å²) in [4.78, 5) is 29.5. The minimum atomic E-state index is -0.253. The van der Waals surface area contributed by atoms with Gasteiger partial charge in [0, 0.05) is 27.1 Å². The fourth-order valence-corrected chi connectivity index (χ4v) is 3.96. The van der Waals surface area contributed by atoms with Crippen LogP contribution in [0.4, 0.5) is 11.9 Å². The predicted octanol–water partition coefficient (Wildman–Crippen LogP) is 5.11. The van der Waals surface area contributed by atoms with Gasteiger partial charge in [-0.05, 0) is 44.2 Å². The summed E-state index contributed by atoms with van der Waals surface area (Å²) in [5.41, 5.74) is 1.89. The molecule has 0 saturated heterocycles. The normalized spacial score (nSPS) is 10.9. The molecule has 9 heteroatoms. The molecular weight excluding hydrogens is 434 g/mol. The van der Waals surface area contributed by atoms with E-state index in [-0.39, 0.29) is 11.5 Å². The summed E-state index contributed by atoms with van der Waals surface area (Å²) in [5.74, 6) is 1.84. The van der Waals surface area contributed by atoms with Crippen molar-refractivity contribution < 1.29 is 4.74 Å². The van der Waals surface area contributed by atoms with Crippen molar-refractivity contribution in [2.24, 2.45) is 0 Å². The number of benzene rings is 2. The quantitative estimate of drug-likeness (QED) is 0.375. The van der Waals surface area contributed by atoms with E-state index in [1.54, 1.807) is 11.8 Å². The number of thioether (sulfide) groups is 1. The molecule has 0 aliphatic heterocycles. The first kappa shape index (κ1) is 21.1. The van der Waals surface area contributed by atoms with E-state index in [4.69, 9.17) is 16.3 Å². The molecule has 2 aromatic heterocycles. The van der Waals surface area contributed by atoms with Gasteiger partial charge in [-0.25, -0.2) is 15.0 Å². The molecule has 0 radical (unpaired) electrons. The highest BCUT2D eigenvalue weighted by molar-refractivity contribution is 7.98. The molecule has 0 aliphatic rings. The number of para-hydroxylation sites is 1. The Labute approximate surface area is 188 Å². The van der Waals surface area contributed by atoms with Gasteiger partial charge in [-0.15, -0.1) is 11.8 Å². The number of rotatable bonds is 7. The van der Waals surface area contributed by atoms with E-state index < -0.39 is 0 Å². The standard InChI is InChI=1S/C22H20ClN5O2S/c1-3-30-18-6-4-5-17-13(2)24-21(27-20(17)18)28-22-25-15(11-19(29)26-22)12-31-16-9-7-14(23)8-10-16/h4-11H,3,12H2,1-2H3,(H2,24,25,26,27,28,29). The second kappa shape index (κ2) is 9.36. The molecule has 0 saturated carbocycles. The molecule has 2 aromatic carbocycles. The minimum Gasteiger partial charge on any atom is -0.492 e. The lowest BCUT2D eigenvalue weighted by molar-refractivity contribution is 0.343. The van der Waals surface area contributed by atoms with Gasteiger partial charge >= 0.3 is 0 Å². The van der Waals surface area contributed by atoms with Gasteiger partial charge in [-0.3, -0.25) is 15.1 Å². The Kier molecular flexibility index (Phi) is 6.39. The molecule has 0 fully saturated rings. The molecular formula is C22H20ClN5O2S. The summed E-state index contributed by atoms with van der Waals surface area (Å²) in [6.07, 6.45) is 0. The number of aryl methyl sites for hydroxylation is 1. The fraction of sp³-hybridized carbons (Fsp3) is 0.182. The Bertz CT molecular complexity index is 1280. The van der Waals surface area contributed by atoms with Crippen molar-refractivity contribution in [2.75, 3.05) is 11.9 Å². The average molecular weight is 454 g/mol. The Morgan fingerprint density at radius 3 is 2.71 bits per heavy atom. The van der Waals surface area contributed by atoms with Gasteiger partial charge in [-0.2, -0.15) is 0 Å².